The molecule has 0 atom stereocenters. The van der Waals surface area contributed by atoms with Gasteiger partial charge in [-0.1, -0.05) is 42.9 Å². The third kappa shape index (κ3) is 6.08. The lowest BCUT2D eigenvalue weighted by Gasteiger charge is -2.07. The zero-order chi connectivity index (χ0) is 24.1. The number of aromatic nitrogens is 3. The fourth-order valence-electron chi connectivity index (χ4n) is 2.59. The van der Waals surface area contributed by atoms with E-state index in [0.717, 1.165) is 23.8 Å². The lowest BCUT2D eigenvalue weighted by atomic mass is 10.1. The second-order valence-corrected chi connectivity index (χ2v) is 9.33. The molecule has 2 aromatic heterocycles. The monoisotopic (exact) mass is 516 g/mol. The molecule has 0 aliphatic carbocycles. The maximum Gasteiger partial charge on any atom is 0.283 e. The van der Waals surface area contributed by atoms with Gasteiger partial charge in [0.25, 0.3) is 5.91 Å². The van der Waals surface area contributed by atoms with Crippen molar-refractivity contribution in [2.75, 3.05) is 6.61 Å². The van der Waals surface area contributed by atoms with E-state index < -0.39 is 33.7 Å². The summed E-state index contributed by atoms with van der Waals surface area (Å²) < 4.78 is 35.0. The van der Waals surface area contributed by atoms with E-state index in [4.69, 9.17) is 15.8 Å². The number of H-pyrrole nitrogens is 1. The van der Waals surface area contributed by atoms with E-state index in [1.54, 1.807) is 0 Å². The van der Waals surface area contributed by atoms with Crippen LogP contribution in [-0.4, -0.2) is 32.8 Å². The number of amides is 1. The van der Waals surface area contributed by atoms with Crippen molar-refractivity contribution in [1.82, 2.24) is 19.9 Å². The maximum absolute atomic E-state index is 14.1. The van der Waals surface area contributed by atoms with E-state index in [2.05, 4.69) is 19.9 Å². The van der Waals surface area contributed by atoms with Crippen LogP contribution < -0.4 is 10.2 Å². The number of halogens is 3. The molecule has 13 heteroatoms. The van der Waals surface area contributed by atoms with Gasteiger partial charge >= 0.3 is 0 Å². The molecule has 0 unspecified atom stereocenters. The zero-order valence-corrected chi connectivity index (χ0v) is 19.8. The highest BCUT2D eigenvalue weighted by atomic mass is 35.5. The van der Waals surface area contributed by atoms with Crippen molar-refractivity contribution in [3.05, 3.63) is 61.5 Å². The summed E-state index contributed by atoms with van der Waals surface area (Å²) in [6.45, 7) is 4.50. The third-order valence-corrected chi connectivity index (χ3v) is 6.27. The molecule has 3 N–H and O–H groups in total. The summed E-state index contributed by atoms with van der Waals surface area (Å²) in [6, 6.07) is 2.29. The van der Waals surface area contributed by atoms with Crippen LogP contribution >= 0.6 is 35.2 Å². The highest BCUT2D eigenvalue weighted by Crippen LogP contribution is 2.27. The van der Waals surface area contributed by atoms with Crippen molar-refractivity contribution in [2.45, 2.75) is 26.7 Å². The minimum absolute atomic E-state index is 0.0220. The molecular formula is C20H19ClF2N4O4S2. The third-order valence-electron chi connectivity index (χ3n) is 4.41. The molecule has 176 valence electrons. The molecule has 0 fully saturated rings. The van der Waals surface area contributed by atoms with Gasteiger partial charge in [0, 0.05) is 12.6 Å². The molecule has 0 aliphatic heterocycles. The zero-order valence-electron chi connectivity index (χ0n) is 17.4. The van der Waals surface area contributed by atoms with Crippen molar-refractivity contribution in [1.29, 1.82) is 0 Å². The molecule has 0 spiro atoms. The number of hydrogen-bond donors (Lipinski definition) is 3. The molecule has 8 nitrogen and oxygen atoms in total. The summed E-state index contributed by atoms with van der Waals surface area (Å²) in [7, 11) is 0. The first-order chi connectivity index (χ1) is 15.7. The van der Waals surface area contributed by atoms with Crippen LogP contribution in [0, 0.1) is 17.6 Å². The molecule has 33 heavy (non-hydrogen) atoms. The van der Waals surface area contributed by atoms with Crippen LogP contribution in [0.3, 0.4) is 0 Å². The van der Waals surface area contributed by atoms with Gasteiger partial charge in [0.2, 0.25) is 5.43 Å². The standard InChI is InChI=1S/C20H19ClF2N4O4S2/c1-9(2)5-6-31-33-27-19(30)16-18(29)17(28)11(8-24-16)20-26-25-13(32-20)7-10-3-4-12(22)14(21)15(10)23/h3-4,8-9,29H,5-7H2,1-2H3,(H,24,28)(H,27,30). The number of benzene rings is 1. The average molecular weight is 517 g/mol. The average Bonchev–Trinajstić information content (AvgIpc) is 3.23. The molecule has 0 saturated heterocycles. The SMILES string of the molecule is CC(C)CCOSNC(=O)c1[nH]cc(-c2nnc(Cc3ccc(F)c(Cl)c3F)s2)c(=O)c1O. The summed E-state index contributed by atoms with van der Waals surface area (Å²) in [4.78, 5) is 27.4. The molecule has 0 bridgehead atoms. The van der Waals surface area contributed by atoms with Crippen molar-refractivity contribution in [2.24, 2.45) is 5.92 Å². The van der Waals surface area contributed by atoms with Gasteiger partial charge in [0.05, 0.1) is 12.2 Å². The summed E-state index contributed by atoms with van der Waals surface area (Å²) >= 11 is 7.27. The lowest BCUT2D eigenvalue weighted by Crippen LogP contribution is -2.21. The molecule has 0 radical (unpaired) electrons. The summed E-state index contributed by atoms with van der Waals surface area (Å²) in [5.41, 5.74) is -1.08. The number of aromatic amines is 1. The van der Waals surface area contributed by atoms with Crippen LogP contribution in [0.15, 0.2) is 23.1 Å². The lowest BCUT2D eigenvalue weighted by molar-refractivity contribution is 0.0974. The molecule has 1 amide bonds. The number of carbonyl (C=O) groups is 1. The van der Waals surface area contributed by atoms with Crippen molar-refractivity contribution >= 4 is 41.1 Å². The van der Waals surface area contributed by atoms with Gasteiger partial charge in [0.15, 0.2) is 16.5 Å². The second-order valence-electron chi connectivity index (χ2n) is 7.29. The Bertz CT molecular complexity index is 1220. The van der Waals surface area contributed by atoms with Crippen molar-refractivity contribution in [3.8, 4) is 16.3 Å². The van der Waals surface area contributed by atoms with Gasteiger partial charge in [-0.2, -0.15) is 0 Å². The van der Waals surface area contributed by atoms with Crippen LogP contribution in [0.1, 0.15) is 41.3 Å². The summed E-state index contributed by atoms with van der Waals surface area (Å²) in [5, 5.41) is 17.9. The predicted octanol–water partition coefficient (Wildman–Crippen LogP) is 4.48. The molecule has 0 aliphatic rings. The molecule has 3 rings (SSSR count). The quantitative estimate of drug-likeness (QED) is 0.166. The Labute approximate surface area is 200 Å². The highest BCUT2D eigenvalue weighted by Gasteiger charge is 2.21. The first kappa shape index (κ1) is 25.1. The Morgan fingerprint density at radius 3 is 2.85 bits per heavy atom. The number of nitrogens with one attached hydrogen (secondary N) is 2. The van der Waals surface area contributed by atoms with Gasteiger partial charge < -0.3 is 10.1 Å². The normalized spacial score (nSPS) is 11.2. The van der Waals surface area contributed by atoms with Crippen LogP contribution in [0.5, 0.6) is 5.75 Å². The second kappa shape index (κ2) is 11.1. The van der Waals surface area contributed by atoms with Crippen molar-refractivity contribution < 1.29 is 22.9 Å². The van der Waals surface area contributed by atoms with Gasteiger partial charge in [-0.05, 0) is 24.0 Å². The van der Waals surface area contributed by atoms with Gasteiger partial charge in [-0.15, -0.1) is 10.2 Å². The van der Waals surface area contributed by atoms with Crippen LogP contribution in [-0.2, 0) is 10.6 Å². The number of nitrogens with zero attached hydrogens (tertiary/aromatic N) is 2. The van der Waals surface area contributed by atoms with Crippen LogP contribution in [0.25, 0.3) is 10.6 Å². The molecule has 0 saturated carbocycles. The van der Waals surface area contributed by atoms with Gasteiger partial charge in [-0.3, -0.25) is 18.5 Å². The molecule has 3 aromatic rings. The number of rotatable bonds is 9. The van der Waals surface area contributed by atoms with Crippen molar-refractivity contribution in [3.63, 3.8) is 0 Å². The number of aromatic hydroxyl groups is 1. The number of hydrogen-bond acceptors (Lipinski definition) is 8. The van der Waals surface area contributed by atoms with Gasteiger partial charge in [0.1, 0.15) is 33.9 Å². The Kier molecular flexibility index (Phi) is 8.40. The Morgan fingerprint density at radius 1 is 1.36 bits per heavy atom. The fourth-order valence-corrected chi connectivity index (χ4v) is 4.07. The predicted molar refractivity (Wildman–Crippen MR) is 122 cm³/mol. The van der Waals surface area contributed by atoms with E-state index in [1.807, 2.05) is 13.8 Å². The molecule has 1 aromatic carbocycles. The fraction of sp³-hybridized carbons (Fsp3) is 0.300. The van der Waals surface area contributed by atoms with Crippen LogP contribution in [0.4, 0.5) is 8.78 Å². The molecule has 2 heterocycles. The first-order valence-corrected chi connectivity index (χ1v) is 11.6. The minimum atomic E-state index is -0.898. The summed E-state index contributed by atoms with van der Waals surface area (Å²) in [5.74, 6) is -2.86. The Hall–Kier alpha value is -2.54. The Morgan fingerprint density at radius 2 is 2.12 bits per heavy atom. The minimum Gasteiger partial charge on any atom is -0.503 e. The highest BCUT2D eigenvalue weighted by molar-refractivity contribution is 7.93. The van der Waals surface area contributed by atoms with Gasteiger partial charge in [-0.25, -0.2) is 8.78 Å². The van der Waals surface area contributed by atoms with E-state index in [-0.39, 0.29) is 28.2 Å². The topological polar surface area (TPSA) is 117 Å². The van der Waals surface area contributed by atoms with E-state index in [1.165, 1.54) is 12.3 Å². The number of pyridine rings is 1. The largest absolute Gasteiger partial charge is 0.503 e. The maximum atomic E-state index is 14.1. The summed E-state index contributed by atoms with van der Waals surface area (Å²) in [6.07, 6.45) is 2.01. The number of carbonyl (C=O) groups excluding carboxylic acids is 1. The van der Waals surface area contributed by atoms with E-state index in [9.17, 15) is 23.5 Å². The van der Waals surface area contributed by atoms with E-state index >= 15 is 0 Å². The first-order valence-electron chi connectivity index (χ1n) is 9.67. The molecular weight excluding hydrogens is 498 g/mol. The smallest absolute Gasteiger partial charge is 0.283 e. The van der Waals surface area contributed by atoms with Crippen LogP contribution in [0.2, 0.25) is 5.02 Å². The Balaban J connectivity index is 1.72. The van der Waals surface area contributed by atoms with E-state index in [0.29, 0.717) is 29.8 Å².